The van der Waals surface area contributed by atoms with Crippen LogP contribution < -0.4 is 0 Å². The number of rotatable bonds is 2. The largest absolute Gasteiger partial charge is 0.508 e. The molecule has 2 nitrogen and oxygen atoms in total. The lowest BCUT2D eigenvalue weighted by Gasteiger charge is -2.58. The van der Waals surface area contributed by atoms with Crippen molar-refractivity contribution in [2.24, 2.45) is 35.5 Å². The Bertz CT molecular complexity index is 701. The van der Waals surface area contributed by atoms with Crippen LogP contribution in [0.1, 0.15) is 88.2 Å². The van der Waals surface area contributed by atoms with Gasteiger partial charge in [-0.1, -0.05) is 0 Å². The van der Waals surface area contributed by atoms with Crippen molar-refractivity contribution in [2.75, 3.05) is 0 Å². The van der Waals surface area contributed by atoms with Gasteiger partial charge in [0.05, 0.1) is 0 Å². The first-order chi connectivity index (χ1) is 13.5. The van der Waals surface area contributed by atoms with Crippen molar-refractivity contribution in [1.82, 2.24) is 0 Å². The van der Waals surface area contributed by atoms with Crippen LogP contribution >= 0.6 is 0 Å². The van der Waals surface area contributed by atoms with Gasteiger partial charge in [0.15, 0.2) is 0 Å². The Morgan fingerprint density at radius 2 is 0.786 bits per heavy atom. The second-order valence-electron chi connectivity index (χ2n) is 12.3. The van der Waals surface area contributed by atoms with E-state index in [-0.39, 0.29) is 10.8 Å². The van der Waals surface area contributed by atoms with Gasteiger partial charge in [0.25, 0.3) is 0 Å². The maximum atomic E-state index is 11.0. The molecule has 0 saturated heterocycles. The smallest absolute Gasteiger partial charge is 0.123 e. The second kappa shape index (κ2) is 5.29. The number of hydrogen-bond acceptors (Lipinski definition) is 2. The molecule has 9 rings (SSSR count). The van der Waals surface area contributed by atoms with Crippen LogP contribution in [0.3, 0.4) is 0 Å². The van der Waals surface area contributed by atoms with Crippen molar-refractivity contribution >= 4 is 0 Å². The fraction of sp³-hybridized carbons (Fsp3) is 0.769. The summed E-state index contributed by atoms with van der Waals surface area (Å²) in [6.07, 6.45) is 16.2. The highest BCUT2D eigenvalue weighted by Gasteiger charge is 2.55. The average molecular weight is 379 g/mol. The first-order valence-electron chi connectivity index (χ1n) is 12.1. The van der Waals surface area contributed by atoms with E-state index >= 15 is 0 Å². The minimum Gasteiger partial charge on any atom is -0.508 e. The molecule has 1 aromatic rings. The molecule has 2 heteroatoms. The molecule has 0 aliphatic heterocycles. The summed E-state index contributed by atoms with van der Waals surface area (Å²) in [5, 5.41) is 22.0. The third kappa shape index (κ3) is 2.16. The molecule has 2 N–H and O–H groups in total. The molecular weight excluding hydrogens is 344 g/mol. The fourth-order valence-corrected chi connectivity index (χ4v) is 10.3. The van der Waals surface area contributed by atoms with Crippen LogP contribution in [0.25, 0.3) is 0 Å². The number of benzene rings is 1. The van der Waals surface area contributed by atoms with Crippen LogP contribution in [0.4, 0.5) is 0 Å². The molecule has 150 valence electrons. The molecule has 0 atom stereocenters. The van der Waals surface area contributed by atoms with Gasteiger partial charge >= 0.3 is 0 Å². The van der Waals surface area contributed by atoms with Gasteiger partial charge in [0, 0.05) is 17.2 Å². The number of phenolic OH excluding ortho intramolecular Hbond substituents is 2. The normalized spacial score (nSPS) is 50.4. The summed E-state index contributed by atoms with van der Waals surface area (Å²) in [5.41, 5.74) is 2.83. The van der Waals surface area contributed by atoms with Crippen molar-refractivity contribution < 1.29 is 10.2 Å². The lowest BCUT2D eigenvalue weighted by atomic mass is 9.46. The molecular formula is C26H34O2. The zero-order valence-corrected chi connectivity index (χ0v) is 17.0. The summed E-state index contributed by atoms with van der Waals surface area (Å²) in [7, 11) is 0. The van der Waals surface area contributed by atoms with Crippen LogP contribution in [-0.2, 0) is 10.8 Å². The third-order valence-electron chi connectivity index (χ3n) is 10.3. The van der Waals surface area contributed by atoms with Gasteiger partial charge in [-0.25, -0.2) is 0 Å². The zero-order chi connectivity index (χ0) is 18.7. The maximum absolute atomic E-state index is 11.0. The van der Waals surface area contributed by atoms with Crippen molar-refractivity contribution in [2.45, 2.75) is 87.9 Å². The molecule has 0 heterocycles. The molecule has 8 aliphatic rings. The quantitative estimate of drug-likeness (QED) is 0.659. The van der Waals surface area contributed by atoms with E-state index < -0.39 is 0 Å². The van der Waals surface area contributed by atoms with Crippen molar-refractivity contribution in [3.8, 4) is 11.5 Å². The number of hydrogen-bond donors (Lipinski definition) is 2. The van der Waals surface area contributed by atoms with Gasteiger partial charge in [0.2, 0.25) is 0 Å². The number of aromatic hydroxyl groups is 2. The van der Waals surface area contributed by atoms with Gasteiger partial charge < -0.3 is 10.2 Å². The van der Waals surface area contributed by atoms with Crippen molar-refractivity contribution in [1.29, 1.82) is 0 Å². The number of phenols is 2. The molecule has 0 unspecified atom stereocenters. The fourth-order valence-electron chi connectivity index (χ4n) is 10.3. The van der Waals surface area contributed by atoms with E-state index in [1.165, 1.54) is 88.2 Å². The summed E-state index contributed by atoms with van der Waals surface area (Å²) < 4.78 is 0. The standard InChI is InChI=1S/C26H34O2/c27-23-8-24(28)22(26-12-18-4-19(13-26)6-20(5-18)14-26)7-21(23)25-9-15-1-16(10-25)3-17(2-15)11-25/h7-8,15-20,27-28H,1-6,9-14H2. The van der Waals surface area contributed by atoms with E-state index in [2.05, 4.69) is 6.07 Å². The molecule has 8 saturated carbocycles. The van der Waals surface area contributed by atoms with Crippen LogP contribution in [0, 0.1) is 35.5 Å². The minimum absolute atomic E-state index is 0.198. The van der Waals surface area contributed by atoms with E-state index in [4.69, 9.17) is 0 Å². The molecule has 0 spiro atoms. The monoisotopic (exact) mass is 378 g/mol. The summed E-state index contributed by atoms with van der Waals surface area (Å²) in [6, 6.07) is 4.08. The van der Waals surface area contributed by atoms with Gasteiger partial charge in [0.1, 0.15) is 11.5 Å². The van der Waals surface area contributed by atoms with Crippen LogP contribution in [0.15, 0.2) is 12.1 Å². The lowest BCUT2D eigenvalue weighted by molar-refractivity contribution is -0.00956. The summed E-state index contributed by atoms with van der Waals surface area (Å²) in [4.78, 5) is 0. The van der Waals surface area contributed by atoms with Crippen LogP contribution in [0.5, 0.6) is 11.5 Å². The van der Waals surface area contributed by atoms with E-state index in [1.54, 1.807) is 6.07 Å². The highest BCUT2D eigenvalue weighted by atomic mass is 16.3. The Labute approximate surface area is 168 Å². The Kier molecular flexibility index (Phi) is 3.14. The van der Waals surface area contributed by atoms with Gasteiger partial charge in [-0.05, 0) is 129 Å². The first-order valence-corrected chi connectivity index (χ1v) is 12.1. The third-order valence-corrected chi connectivity index (χ3v) is 10.3. The maximum Gasteiger partial charge on any atom is 0.123 e. The predicted octanol–water partition coefficient (Wildman–Crippen LogP) is 6.03. The van der Waals surface area contributed by atoms with E-state index in [0.29, 0.717) is 11.5 Å². The van der Waals surface area contributed by atoms with Crippen molar-refractivity contribution in [3.05, 3.63) is 23.3 Å². The highest BCUT2D eigenvalue weighted by molar-refractivity contribution is 5.53. The summed E-state index contributed by atoms with van der Waals surface area (Å²) in [6.45, 7) is 0. The van der Waals surface area contributed by atoms with Crippen LogP contribution in [-0.4, -0.2) is 10.2 Å². The first kappa shape index (κ1) is 16.6. The molecule has 0 amide bonds. The second-order valence-corrected chi connectivity index (χ2v) is 12.3. The highest BCUT2D eigenvalue weighted by Crippen LogP contribution is 2.65. The molecule has 1 aromatic carbocycles. The van der Waals surface area contributed by atoms with Gasteiger partial charge in [-0.3, -0.25) is 0 Å². The lowest BCUT2D eigenvalue weighted by Crippen LogP contribution is -2.50. The Morgan fingerprint density at radius 3 is 1.07 bits per heavy atom. The van der Waals surface area contributed by atoms with Gasteiger partial charge in [-0.2, -0.15) is 0 Å². The zero-order valence-electron chi connectivity index (χ0n) is 17.0. The Hall–Kier alpha value is -1.18. The molecule has 0 radical (unpaired) electrons. The van der Waals surface area contributed by atoms with E-state index in [9.17, 15) is 10.2 Å². The summed E-state index contributed by atoms with van der Waals surface area (Å²) >= 11 is 0. The Balaban J connectivity index is 1.34. The predicted molar refractivity (Wildman–Crippen MR) is 109 cm³/mol. The SMILES string of the molecule is Oc1cc(O)c(C23CC4CC(CC(C4)C2)C3)cc1C12CC3CC(CC(C3)C1)C2. The molecule has 8 bridgehead atoms. The van der Waals surface area contributed by atoms with Crippen LogP contribution in [0.2, 0.25) is 0 Å². The minimum atomic E-state index is 0.198. The summed E-state index contributed by atoms with van der Waals surface area (Å²) in [5.74, 6) is 6.03. The van der Waals surface area contributed by atoms with E-state index in [0.717, 1.165) is 35.5 Å². The van der Waals surface area contributed by atoms with Crippen molar-refractivity contribution in [3.63, 3.8) is 0 Å². The topological polar surface area (TPSA) is 40.5 Å². The van der Waals surface area contributed by atoms with E-state index in [1.807, 2.05) is 0 Å². The van der Waals surface area contributed by atoms with Gasteiger partial charge in [-0.15, -0.1) is 0 Å². The molecule has 28 heavy (non-hydrogen) atoms. The average Bonchev–Trinajstić information content (AvgIpc) is 2.58. The molecule has 0 aromatic heterocycles. The molecule has 8 fully saturated rings. The molecule has 8 aliphatic carbocycles. The Morgan fingerprint density at radius 1 is 0.500 bits per heavy atom.